The number of rotatable bonds is 10. The number of hydrogen-bond acceptors (Lipinski definition) is 10. The Labute approximate surface area is 293 Å². The molecule has 0 saturated carbocycles. The van der Waals surface area contributed by atoms with Crippen molar-refractivity contribution in [1.82, 2.24) is 4.57 Å². The number of esters is 1. The molecule has 14 heteroatoms. The summed E-state index contributed by atoms with van der Waals surface area (Å²) in [6, 6.07) is 19.4. The summed E-state index contributed by atoms with van der Waals surface area (Å²) in [5.74, 6) is 0.428. The van der Waals surface area contributed by atoms with Gasteiger partial charge in [0.1, 0.15) is 24.2 Å². The minimum atomic E-state index is -1.05. The predicted octanol–water partition coefficient (Wildman–Crippen LogP) is 6.86. The van der Waals surface area contributed by atoms with Gasteiger partial charge in [0.25, 0.3) is 11.2 Å². The SMILES string of the molecule is CCOC(=O)C1=C(C)N=c2s/c(=C\c3cc(OC)c(OCc4ccccc4)cc3[N+](=O)[O-])c(=O)n2[C@H]1c1ccc(-c2ccc(Cl)c(Cl)c2)o1. The van der Waals surface area contributed by atoms with Crippen molar-refractivity contribution in [1.29, 1.82) is 0 Å². The molecule has 0 saturated heterocycles. The summed E-state index contributed by atoms with van der Waals surface area (Å²) in [7, 11) is 1.42. The van der Waals surface area contributed by atoms with Gasteiger partial charge in [-0.25, -0.2) is 9.79 Å². The number of nitro groups is 1. The summed E-state index contributed by atoms with van der Waals surface area (Å²) >= 11 is 13.3. The zero-order chi connectivity index (χ0) is 34.8. The molecule has 0 spiro atoms. The van der Waals surface area contributed by atoms with Gasteiger partial charge in [-0.3, -0.25) is 19.5 Å². The molecule has 2 aromatic heterocycles. The van der Waals surface area contributed by atoms with Crippen molar-refractivity contribution >= 4 is 52.3 Å². The van der Waals surface area contributed by atoms with E-state index in [9.17, 15) is 19.7 Å². The normalized spacial score (nSPS) is 14.3. The summed E-state index contributed by atoms with van der Waals surface area (Å²) < 4.78 is 24.4. The number of benzene rings is 3. The number of allylic oxidation sites excluding steroid dienone is 1. The Morgan fingerprint density at radius 3 is 2.55 bits per heavy atom. The molecule has 6 rings (SSSR count). The first-order valence-electron chi connectivity index (χ1n) is 14.9. The molecule has 1 aliphatic rings. The number of ether oxygens (including phenoxy) is 3. The molecule has 3 heterocycles. The summed E-state index contributed by atoms with van der Waals surface area (Å²) in [4.78, 5) is 44.0. The number of thiazole rings is 1. The van der Waals surface area contributed by atoms with Crippen LogP contribution in [0.2, 0.25) is 10.0 Å². The lowest BCUT2D eigenvalue weighted by Crippen LogP contribution is -2.39. The number of methoxy groups -OCH3 is 1. The Hall–Kier alpha value is -5.17. The van der Waals surface area contributed by atoms with Crippen molar-refractivity contribution < 1.29 is 28.3 Å². The highest BCUT2D eigenvalue weighted by Gasteiger charge is 2.35. The van der Waals surface area contributed by atoms with Gasteiger partial charge in [-0.05, 0) is 61.9 Å². The molecule has 0 aliphatic carbocycles. The maximum atomic E-state index is 14.2. The number of halogens is 2. The van der Waals surface area contributed by atoms with E-state index in [2.05, 4.69) is 4.99 Å². The van der Waals surface area contributed by atoms with Crippen LogP contribution in [0.25, 0.3) is 17.4 Å². The fourth-order valence-corrected chi connectivity index (χ4v) is 6.69. The number of aromatic nitrogens is 1. The lowest BCUT2D eigenvalue weighted by Gasteiger charge is -2.22. The van der Waals surface area contributed by atoms with Crippen molar-refractivity contribution in [2.24, 2.45) is 4.99 Å². The maximum absolute atomic E-state index is 14.2. The number of furan rings is 1. The fraction of sp³-hybridized carbons (Fsp3) is 0.171. The molecule has 1 atom stereocenters. The molecule has 11 nitrogen and oxygen atoms in total. The zero-order valence-electron chi connectivity index (χ0n) is 26.3. The van der Waals surface area contributed by atoms with Gasteiger partial charge in [-0.15, -0.1) is 0 Å². The standard InChI is InChI=1S/C35H27Cl2N3O8S/c1-4-46-34(42)31-19(2)38-35-39(32(31)27-13-12-26(48-27)21-10-11-23(36)24(37)14-21)33(41)30(49-35)16-22-15-28(45-3)29(17-25(22)40(43)44)47-18-20-8-6-5-7-9-20/h5-17,32H,4,18H2,1-3H3/b30-16-/t32-/m0/s1. The van der Waals surface area contributed by atoms with Gasteiger partial charge in [-0.1, -0.05) is 64.9 Å². The molecule has 5 aromatic rings. The van der Waals surface area contributed by atoms with E-state index in [1.54, 1.807) is 44.2 Å². The lowest BCUT2D eigenvalue weighted by molar-refractivity contribution is -0.385. The number of nitrogens with zero attached hydrogens (tertiary/aromatic N) is 3. The minimum absolute atomic E-state index is 0.0932. The number of fused-ring (bicyclic) bond motifs is 1. The molecule has 0 radical (unpaired) electrons. The minimum Gasteiger partial charge on any atom is -0.493 e. The van der Waals surface area contributed by atoms with Gasteiger partial charge in [-0.2, -0.15) is 0 Å². The smallest absolute Gasteiger partial charge is 0.338 e. The largest absolute Gasteiger partial charge is 0.493 e. The molecule has 250 valence electrons. The Balaban J connectivity index is 1.47. The fourth-order valence-electron chi connectivity index (χ4n) is 5.35. The van der Waals surface area contributed by atoms with E-state index in [-0.39, 0.29) is 56.6 Å². The monoisotopic (exact) mass is 719 g/mol. The Kier molecular flexibility index (Phi) is 9.72. The first kappa shape index (κ1) is 33.7. The van der Waals surface area contributed by atoms with Crippen LogP contribution in [0.1, 0.15) is 36.8 Å². The third-order valence-corrected chi connectivity index (χ3v) is 9.37. The molecule has 0 N–H and O–H groups in total. The summed E-state index contributed by atoms with van der Waals surface area (Å²) in [5.41, 5.74) is 1.20. The predicted molar refractivity (Wildman–Crippen MR) is 185 cm³/mol. The summed E-state index contributed by atoms with van der Waals surface area (Å²) in [6.07, 6.45) is 1.40. The van der Waals surface area contributed by atoms with E-state index in [1.165, 1.54) is 29.9 Å². The van der Waals surface area contributed by atoms with Crippen LogP contribution in [0.5, 0.6) is 11.5 Å². The van der Waals surface area contributed by atoms with Gasteiger partial charge in [0.05, 0.1) is 56.1 Å². The van der Waals surface area contributed by atoms with Gasteiger partial charge in [0.2, 0.25) is 0 Å². The highest BCUT2D eigenvalue weighted by molar-refractivity contribution is 7.07. The second-order valence-corrected chi connectivity index (χ2v) is 12.5. The summed E-state index contributed by atoms with van der Waals surface area (Å²) in [5, 5.41) is 12.9. The van der Waals surface area contributed by atoms with Crippen molar-refractivity contribution in [3.05, 3.63) is 141 Å². The van der Waals surface area contributed by atoms with Crippen LogP contribution in [-0.2, 0) is 16.1 Å². The van der Waals surface area contributed by atoms with Crippen LogP contribution in [0.4, 0.5) is 5.69 Å². The number of hydrogen-bond donors (Lipinski definition) is 0. The topological polar surface area (TPSA) is 135 Å². The molecular formula is C35H27Cl2N3O8S. The van der Waals surface area contributed by atoms with E-state index in [4.69, 9.17) is 41.8 Å². The van der Waals surface area contributed by atoms with Gasteiger partial charge < -0.3 is 18.6 Å². The van der Waals surface area contributed by atoms with Crippen molar-refractivity contribution in [3.8, 4) is 22.8 Å². The average molecular weight is 721 g/mol. The molecule has 3 aromatic carbocycles. The van der Waals surface area contributed by atoms with E-state index in [0.717, 1.165) is 16.9 Å². The van der Waals surface area contributed by atoms with Crippen LogP contribution in [0.15, 0.2) is 98.3 Å². The zero-order valence-corrected chi connectivity index (χ0v) is 28.6. The summed E-state index contributed by atoms with van der Waals surface area (Å²) in [6.45, 7) is 3.57. The molecule has 0 fully saturated rings. The molecular weight excluding hydrogens is 693 g/mol. The van der Waals surface area contributed by atoms with E-state index >= 15 is 0 Å². The Bertz CT molecular complexity index is 2310. The Morgan fingerprint density at radius 2 is 1.86 bits per heavy atom. The van der Waals surface area contributed by atoms with E-state index in [1.807, 2.05) is 30.3 Å². The number of carbonyl (C=O) groups is 1. The van der Waals surface area contributed by atoms with Crippen LogP contribution >= 0.6 is 34.5 Å². The first-order valence-corrected chi connectivity index (χ1v) is 16.4. The molecule has 0 bridgehead atoms. The third kappa shape index (κ3) is 6.75. The molecule has 1 aliphatic heterocycles. The number of carbonyl (C=O) groups excluding carboxylic acids is 1. The van der Waals surface area contributed by atoms with E-state index < -0.39 is 22.5 Å². The van der Waals surface area contributed by atoms with Crippen molar-refractivity contribution in [2.75, 3.05) is 13.7 Å². The van der Waals surface area contributed by atoms with Gasteiger partial charge in [0, 0.05) is 5.56 Å². The second kappa shape index (κ2) is 14.1. The van der Waals surface area contributed by atoms with E-state index in [0.29, 0.717) is 27.1 Å². The molecule has 0 amide bonds. The molecule has 0 unspecified atom stereocenters. The highest BCUT2D eigenvalue weighted by atomic mass is 35.5. The van der Waals surface area contributed by atoms with Crippen molar-refractivity contribution in [3.63, 3.8) is 0 Å². The average Bonchev–Trinajstić information content (AvgIpc) is 3.69. The van der Waals surface area contributed by atoms with Crippen LogP contribution in [0.3, 0.4) is 0 Å². The third-order valence-electron chi connectivity index (χ3n) is 7.65. The Morgan fingerprint density at radius 1 is 1.08 bits per heavy atom. The first-order chi connectivity index (χ1) is 23.6. The lowest BCUT2D eigenvalue weighted by atomic mass is 10.0. The molecule has 49 heavy (non-hydrogen) atoms. The van der Waals surface area contributed by atoms with Gasteiger partial charge in [0.15, 0.2) is 16.3 Å². The van der Waals surface area contributed by atoms with Crippen LogP contribution in [0, 0.1) is 10.1 Å². The second-order valence-electron chi connectivity index (χ2n) is 10.7. The quantitative estimate of drug-likeness (QED) is 0.0868. The van der Waals surface area contributed by atoms with Gasteiger partial charge >= 0.3 is 5.97 Å². The number of nitro benzene ring substituents is 1. The van der Waals surface area contributed by atoms with Crippen LogP contribution < -0.4 is 24.4 Å². The highest BCUT2D eigenvalue weighted by Crippen LogP contribution is 2.37. The van der Waals surface area contributed by atoms with Crippen molar-refractivity contribution in [2.45, 2.75) is 26.5 Å². The van der Waals surface area contributed by atoms with Crippen LogP contribution in [-0.4, -0.2) is 29.2 Å². The maximum Gasteiger partial charge on any atom is 0.338 e.